The second-order valence-corrected chi connectivity index (χ2v) is 2.49. The number of aromatic nitrogens is 1. The van der Waals surface area contributed by atoms with E-state index in [-0.39, 0.29) is 11.4 Å². The molecule has 0 fully saturated rings. The minimum Gasteiger partial charge on any atom is -0.506 e. The summed E-state index contributed by atoms with van der Waals surface area (Å²) in [6.07, 6.45) is 1.23. The molecular weight excluding hydrogens is 196 g/mol. The number of rotatable bonds is 0. The lowest BCUT2D eigenvalue weighted by molar-refractivity contribution is 0.472. The van der Waals surface area contributed by atoms with E-state index in [0.29, 0.717) is 4.47 Å². The molecule has 1 heterocycles. The van der Waals surface area contributed by atoms with E-state index in [9.17, 15) is 0 Å². The average molecular weight is 199 g/mol. The van der Waals surface area contributed by atoms with Crippen LogP contribution in [0.15, 0.2) is 16.7 Å². The highest BCUT2D eigenvalue weighted by molar-refractivity contribution is 9.10. The summed E-state index contributed by atoms with van der Waals surface area (Å²) in [5.41, 5.74) is 0.276. The maximum atomic E-state index is 8.83. The summed E-state index contributed by atoms with van der Waals surface area (Å²) in [7, 11) is 0. The zero-order chi connectivity index (χ0) is 7.56. The van der Waals surface area contributed by atoms with Gasteiger partial charge in [0.05, 0.1) is 10.7 Å². The SMILES string of the molecule is N#Cc1ncc(O)cc1Br. The predicted octanol–water partition coefficient (Wildman–Crippen LogP) is 1.42. The van der Waals surface area contributed by atoms with Crippen molar-refractivity contribution in [3.63, 3.8) is 0 Å². The molecule has 0 saturated carbocycles. The third-order valence-corrected chi connectivity index (χ3v) is 1.54. The van der Waals surface area contributed by atoms with Gasteiger partial charge in [-0.25, -0.2) is 4.98 Å². The molecule has 3 nitrogen and oxygen atoms in total. The molecule has 50 valence electrons. The third kappa shape index (κ3) is 1.25. The molecule has 0 aliphatic rings. The van der Waals surface area contributed by atoms with E-state index in [1.165, 1.54) is 12.3 Å². The van der Waals surface area contributed by atoms with Crippen LogP contribution in [0.1, 0.15) is 5.69 Å². The largest absolute Gasteiger partial charge is 0.506 e. The first-order chi connectivity index (χ1) is 4.74. The molecule has 0 aliphatic heterocycles. The van der Waals surface area contributed by atoms with Crippen LogP contribution < -0.4 is 0 Å². The van der Waals surface area contributed by atoms with Gasteiger partial charge in [0.25, 0.3) is 0 Å². The van der Waals surface area contributed by atoms with Gasteiger partial charge >= 0.3 is 0 Å². The quantitative estimate of drug-likeness (QED) is 0.687. The van der Waals surface area contributed by atoms with Gasteiger partial charge in [-0.1, -0.05) is 0 Å². The van der Waals surface area contributed by atoms with Crippen molar-refractivity contribution < 1.29 is 5.11 Å². The highest BCUT2D eigenvalue weighted by Crippen LogP contribution is 2.18. The summed E-state index contributed by atoms with van der Waals surface area (Å²) in [6.45, 7) is 0. The Labute approximate surface area is 66.1 Å². The van der Waals surface area contributed by atoms with Crippen LogP contribution in [-0.2, 0) is 0 Å². The minimum absolute atomic E-state index is 0.0471. The smallest absolute Gasteiger partial charge is 0.154 e. The van der Waals surface area contributed by atoms with Crippen molar-refractivity contribution in [2.45, 2.75) is 0 Å². The number of pyridine rings is 1. The van der Waals surface area contributed by atoms with Crippen LogP contribution in [0.4, 0.5) is 0 Å². The van der Waals surface area contributed by atoms with E-state index in [4.69, 9.17) is 10.4 Å². The fourth-order valence-electron chi connectivity index (χ4n) is 0.510. The fraction of sp³-hybridized carbons (Fsp3) is 0. The van der Waals surface area contributed by atoms with Crippen LogP contribution in [-0.4, -0.2) is 10.1 Å². The van der Waals surface area contributed by atoms with E-state index in [0.717, 1.165) is 0 Å². The maximum Gasteiger partial charge on any atom is 0.154 e. The Balaban J connectivity index is 3.23. The lowest BCUT2D eigenvalue weighted by Gasteiger charge is -1.92. The molecule has 0 spiro atoms. The third-order valence-electron chi connectivity index (χ3n) is 0.933. The van der Waals surface area contributed by atoms with E-state index >= 15 is 0 Å². The van der Waals surface area contributed by atoms with Gasteiger partial charge in [-0.05, 0) is 22.0 Å². The maximum absolute atomic E-state index is 8.83. The second-order valence-electron chi connectivity index (χ2n) is 1.64. The van der Waals surface area contributed by atoms with Gasteiger partial charge in [-0.3, -0.25) is 0 Å². The molecule has 0 saturated heterocycles. The summed E-state index contributed by atoms with van der Waals surface area (Å²) in [4.78, 5) is 3.64. The second kappa shape index (κ2) is 2.67. The Morgan fingerprint density at radius 1 is 1.70 bits per heavy atom. The van der Waals surface area contributed by atoms with Crippen molar-refractivity contribution in [3.8, 4) is 11.8 Å². The van der Waals surface area contributed by atoms with Gasteiger partial charge < -0.3 is 5.11 Å². The molecule has 0 bridgehead atoms. The lowest BCUT2D eigenvalue weighted by Crippen LogP contribution is -1.81. The van der Waals surface area contributed by atoms with Crippen molar-refractivity contribution in [2.24, 2.45) is 0 Å². The van der Waals surface area contributed by atoms with Crippen molar-refractivity contribution in [1.82, 2.24) is 4.98 Å². The van der Waals surface area contributed by atoms with Crippen LogP contribution in [0.5, 0.6) is 5.75 Å². The van der Waals surface area contributed by atoms with E-state index in [1.807, 2.05) is 6.07 Å². The van der Waals surface area contributed by atoms with Crippen LogP contribution in [0, 0.1) is 11.3 Å². The lowest BCUT2D eigenvalue weighted by atomic mass is 10.4. The van der Waals surface area contributed by atoms with Crippen LogP contribution in [0.3, 0.4) is 0 Å². The van der Waals surface area contributed by atoms with Crippen molar-refractivity contribution in [1.29, 1.82) is 5.26 Å². The first kappa shape index (κ1) is 7.03. The number of hydrogen-bond donors (Lipinski definition) is 1. The van der Waals surface area contributed by atoms with Gasteiger partial charge in [0, 0.05) is 0 Å². The monoisotopic (exact) mass is 198 g/mol. The molecule has 1 aromatic rings. The molecule has 0 aliphatic carbocycles. The molecule has 1 aromatic heterocycles. The zero-order valence-electron chi connectivity index (χ0n) is 4.87. The number of aromatic hydroxyl groups is 1. The Hall–Kier alpha value is -1.08. The van der Waals surface area contributed by atoms with Crippen molar-refractivity contribution in [3.05, 3.63) is 22.4 Å². The van der Waals surface area contributed by atoms with E-state index in [2.05, 4.69) is 20.9 Å². The molecule has 1 rings (SSSR count). The first-order valence-corrected chi connectivity index (χ1v) is 3.28. The number of hydrogen-bond acceptors (Lipinski definition) is 3. The topological polar surface area (TPSA) is 56.9 Å². The van der Waals surface area contributed by atoms with Crippen molar-refractivity contribution >= 4 is 15.9 Å². The van der Waals surface area contributed by atoms with E-state index in [1.54, 1.807) is 0 Å². The molecule has 0 radical (unpaired) electrons. The zero-order valence-corrected chi connectivity index (χ0v) is 6.46. The molecule has 10 heavy (non-hydrogen) atoms. The fourth-order valence-corrected chi connectivity index (χ4v) is 0.936. The normalized spacial score (nSPS) is 8.80. The van der Waals surface area contributed by atoms with Crippen LogP contribution in [0.25, 0.3) is 0 Å². The number of nitriles is 1. The van der Waals surface area contributed by atoms with Crippen LogP contribution in [0.2, 0.25) is 0 Å². The summed E-state index contributed by atoms with van der Waals surface area (Å²) in [5, 5.41) is 17.2. The minimum atomic E-state index is 0.0471. The van der Waals surface area contributed by atoms with Crippen molar-refractivity contribution in [2.75, 3.05) is 0 Å². The Morgan fingerprint density at radius 2 is 2.40 bits per heavy atom. The van der Waals surface area contributed by atoms with Gasteiger partial charge in [0.15, 0.2) is 5.69 Å². The molecule has 0 unspecified atom stereocenters. The molecule has 0 atom stereocenters. The highest BCUT2D eigenvalue weighted by atomic mass is 79.9. The predicted molar refractivity (Wildman–Crippen MR) is 38.3 cm³/mol. The summed E-state index contributed by atoms with van der Waals surface area (Å²) in [6, 6.07) is 3.28. The highest BCUT2D eigenvalue weighted by Gasteiger charge is 1.99. The van der Waals surface area contributed by atoms with Gasteiger partial charge in [-0.2, -0.15) is 5.26 Å². The summed E-state index contributed by atoms with van der Waals surface area (Å²) in [5.74, 6) is 0.0471. The Bertz CT molecular complexity index is 292. The van der Waals surface area contributed by atoms with Gasteiger partial charge in [0.2, 0.25) is 0 Å². The molecular formula is C6H3BrN2O. The summed E-state index contributed by atoms with van der Waals surface area (Å²) < 4.78 is 0.509. The van der Waals surface area contributed by atoms with Crippen LogP contribution >= 0.6 is 15.9 Å². The Morgan fingerprint density at radius 3 is 2.90 bits per heavy atom. The number of halogens is 1. The molecule has 4 heteroatoms. The molecule has 0 aromatic carbocycles. The summed E-state index contributed by atoms with van der Waals surface area (Å²) >= 11 is 3.06. The van der Waals surface area contributed by atoms with Gasteiger partial charge in [-0.15, -0.1) is 0 Å². The average Bonchev–Trinajstić information content (AvgIpc) is 1.88. The Kier molecular flexibility index (Phi) is 1.88. The first-order valence-electron chi connectivity index (χ1n) is 2.48. The number of nitrogens with zero attached hydrogens (tertiary/aromatic N) is 2. The molecule has 1 N–H and O–H groups in total. The van der Waals surface area contributed by atoms with Gasteiger partial charge in [0.1, 0.15) is 11.8 Å². The molecule has 0 amide bonds. The standard InChI is InChI=1S/C6H3BrN2O/c7-5-1-4(10)3-9-6(5)2-8/h1,3,10H. The van der Waals surface area contributed by atoms with E-state index < -0.39 is 0 Å².